The van der Waals surface area contributed by atoms with E-state index in [1.165, 1.54) is 0 Å². The van der Waals surface area contributed by atoms with Crippen molar-refractivity contribution >= 4 is 11.4 Å². The van der Waals surface area contributed by atoms with Crippen LogP contribution in [0.4, 0.5) is 11.4 Å². The van der Waals surface area contributed by atoms with Crippen LogP contribution in [-0.4, -0.2) is 41.8 Å². The van der Waals surface area contributed by atoms with Gasteiger partial charge in [-0.2, -0.15) is 0 Å². The summed E-state index contributed by atoms with van der Waals surface area (Å²) in [6.45, 7) is 2.42. The number of rotatable bonds is 6. The largest absolute Gasteiger partial charge is 0.497 e. The first-order valence-electron chi connectivity index (χ1n) is 12.2. The predicted molar refractivity (Wildman–Crippen MR) is 140 cm³/mol. The molecule has 1 atom stereocenters. The molecule has 0 amide bonds. The number of ether oxygens (including phenoxy) is 3. The molecule has 0 aliphatic carbocycles. The summed E-state index contributed by atoms with van der Waals surface area (Å²) in [4.78, 5) is 25.7. The third kappa shape index (κ3) is 4.85. The quantitative estimate of drug-likeness (QED) is 0.362. The highest BCUT2D eigenvalue weighted by Gasteiger charge is 2.30. The Labute approximate surface area is 214 Å². The number of hydrogen-bond acceptors (Lipinski definition) is 8. The van der Waals surface area contributed by atoms with Gasteiger partial charge in [-0.3, -0.25) is 14.8 Å². The molecular weight excluding hydrogens is 470 g/mol. The Bertz CT molecular complexity index is 1490. The Morgan fingerprint density at radius 2 is 2.03 bits per heavy atom. The van der Waals surface area contributed by atoms with Gasteiger partial charge in [0.2, 0.25) is 5.56 Å². The predicted octanol–water partition coefficient (Wildman–Crippen LogP) is 4.06. The molecule has 9 nitrogen and oxygen atoms in total. The zero-order chi connectivity index (χ0) is 25.2. The fourth-order valence-electron chi connectivity index (χ4n) is 4.79. The standard InChI is InChI=1S/C28H27N5O4/c1-35-23-6-9-29-21(14-23)16-32-20-2-3-24-19(13-20)12-18-4-7-31-27(28(18)37-24)25-17-33(10-11-36-25)22-5-8-30-26(34)15-22/h2-9,13-15,25,32H,10-12,16-17H2,1H3,(H,30,34). The van der Waals surface area contributed by atoms with Gasteiger partial charge in [0, 0.05) is 66.2 Å². The summed E-state index contributed by atoms with van der Waals surface area (Å²) in [5, 5.41) is 3.44. The first-order chi connectivity index (χ1) is 18.2. The number of aromatic amines is 1. The summed E-state index contributed by atoms with van der Waals surface area (Å²) >= 11 is 0. The van der Waals surface area contributed by atoms with E-state index in [4.69, 9.17) is 14.2 Å². The van der Waals surface area contributed by atoms with Gasteiger partial charge in [0.25, 0.3) is 0 Å². The molecule has 1 unspecified atom stereocenters. The summed E-state index contributed by atoms with van der Waals surface area (Å²) in [5.41, 5.74) is 5.60. The second-order valence-electron chi connectivity index (χ2n) is 9.04. The molecule has 1 saturated heterocycles. The van der Waals surface area contributed by atoms with Crippen molar-refractivity contribution in [3.8, 4) is 17.2 Å². The van der Waals surface area contributed by atoms with Crippen molar-refractivity contribution < 1.29 is 14.2 Å². The van der Waals surface area contributed by atoms with Gasteiger partial charge in [-0.25, -0.2) is 0 Å². The maximum Gasteiger partial charge on any atom is 0.249 e. The Balaban J connectivity index is 1.19. The van der Waals surface area contributed by atoms with Gasteiger partial charge in [0.05, 0.1) is 32.5 Å². The van der Waals surface area contributed by atoms with Crippen LogP contribution in [0, 0.1) is 0 Å². The van der Waals surface area contributed by atoms with E-state index >= 15 is 0 Å². The second kappa shape index (κ2) is 9.94. The van der Waals surface area contributed by atoms with E-state index in [9.17, 15) is 4.79 Å². The number of aromatic nitrogens is 3. The van der Waals surface area contributed by atoms with Crippen LogP contribution in [0.5, 0.6) is 17.2 Å². The zero-order valence-electron chi connectivity index (χ0n) is 20.4. The molecule has 2 N–H and O–H groups in total. The SMILES string of the molecule is COc1ccnc(CNc2ccc3c(c2)Cc2ccnc(C4CN(c5cc[nH]c(=O)c5)CCO4)c2O3)c1. The normalized spacial score (nSPS) is 16.4. The number of benzene rings is 1. The Hall–Kier alpha value is -4.37. The smallest absolute Gasteiger partial charge is 0.249 e. The summed E-state index contributed by atoms with van der Waals surface area (Å²) < 4.78 is 17.8. The molecule has 4 aromatic rings. The third-order valence-corrected chi connectivity index (χ3v) is 6.66. The topological polar surface area (TPSA) is 102 Å². The first kappa shape index (κ1) is 23.1. The summed E-state index contributed by atoms with van der Waals surface area (Å²) in [5.74, 6) is 2.36. The molecule has 0 spiro atoms. The van der Waals surface area contributed by atoms with Crippen LogP contribution in [-0.2, 0) is 17.7 Å². The number of nitrogens with zero attached hydrogens (tertiary/aromatic N) is 3. The lowest BCUT2D eigenvalue weighted by molar-refractivity contribution is 0.0355. The number of fused-ring (bicyclic) bond motifs is 2. The van der Waals surface area contributed by atoms with Crippen molar-refractivity contribution in [2.24, 2.45) is 0 Å². The van der Waals surface area contributed by atoms with Crippen molar-refractivity contribution in [2.75, 3.05) is 37.0 Å². The van der Waals surface area contributed by atoms with E-state index in [0.29, 0.717) is 26.2 Å². The Morgan fingerprint density at radius 3 is 2.92 bits per heavy atom. The van der Waals surface area contributed by atoms with Crippen LogP contribution in [0.15, 0.2) is 71.9 Å². The summed E-state index contributed by atoms with van der Waals surface area (Å²) in [6.07, 6.45) is 5.70. The van der Waals surface area contributed by atoms with Crippen LogP contribution < -0.4 is 25.2 Å². The van der Waals surface area contributed by atoms with Gasteiger partial charge in [-0.15, -0.1) is 0 Å². The summed E-state index contributed by atoms with van der Waals surface area (Å²) in [6, 6.07) is 15.4. The number of pyridine rings is 3. The van der Waals surface area contributed by atoms with Gasteiger partial charge in [-0.1, -0.05) is 0 Å². The molecule has 188 valence electrons. The van der Waals surface area contributed by atoms with E-state index in [1.54, 1.807) is 25.6 Å². The third-order valence-electron chi connectivity index (χ3n) is 6.66. The van der Waals surface area contributed by atoms with Crippen molar-refractivity contribution in [3.05, 3.63) is 100.0 Å². The van der Waals surface area contributed by atoms with Crippen molar-refractivity contribution in [3.63, 3.8) is 0 Å². The Morgan fingerprint density at radius 1 is 1.11 bits per heavy atom. The minimum atomic E-state index is -0.263. The van der Waals surface area contributed by atoms with Crippen molar-refractivity contribution in [1.82, 2.24) is 15.0 Å². The second-order valence-corrected chi connectivity index (χ2v) is 9.04. The van der Waals surface area contributed by atoms with Gasteiger partial charge < -0.3 is 29.4 Å². The molecule has 0 radical (unpaired) electrons. The van der Waals surface area contributed by atoms with E-state index in [-0.39, 0.29) is 11.7 Å². The molecule has 9 heteroatoms. The number of methoxy groups -OCH3 is 1. The van der Waals surface area contributed by atoms with E-state index in [2.05, 4.69) is 31.2 Å². The Kier molecular flexibility index (Phi) is 6.20. The minimum Gasteiger partial charge on any atom is -0.497 e. The lowest BCUT2D eigenvalue weighted by Crippen LogP contribution is -2.39. The average Bonchev–Trinajstić information content (AvgIpc) is 2.94. The molecule has 37 heavy (non-hydrogen) atoms. The average molecular weight is 498 g/mol. The van der Waals surface area contributed by atoms with Crippen LogP contribution >= 0.6 is 0 Å². The number of morpholine rings is 1. The number of nitrogens with one attached hydrogen (secondary N) is 2. The molecule has 0 saturated carbocycles. The summed E-state index contributed by atoms with van der Waals surface area (Å²) in [7, 11) is 1.65. The number of H-pyrrole nitrogens is 1. The molecule has 1 fully saturated rings. The maximum absolute atomic E-state index is 11.8. The van der Waals surface area contributed by atoms with Crippen LogP contribution in [0.25, 0.3) is 0 Å². The molecule has 3 aromatic heterocycles. The molecule has 2 aliphatic heterocycles. The van der Waals surface area contributed by atoms with Crippen LogP contribution in [0.1, 0.15) is 28.6 Å². The molecular formula is C28H27N5O4. The lowest BCUT2D eigenvalue weighted by Gasteiger charge is -2.35. The fourth-order valence-corrected chi connectivity index (χ4v) is 4.79. The molecule has 5 heterocycles. The fraction of sp³-hybridized carbons (Fsp3) is 0.250. The van der Waals surface area contributed by atoms with Crippen LogP contribution in [0.2, 0.25) is 0 Å². The lowest BCUT2D eigenvalue weighted by atomic mass is 9.98. The highest BCUT2D eigenvalue weighted by molar-refractivity contribution is 5.58. The zero-order valence-corrected chi connectivity index (χ0v) is 20.4. The van der Waals surface area contributed by atoms with Gasteiger partial charge in [0.15, 0.2) is 5.75 Å². The van der Waals surface area contributed by atoms with Gasteiger partial charge >= 0.3 is 0 Å². The highest BCUT2D eigenvalue weighted by Crippen LogP contribution is 2.42. The molecule has 1 aromatic carbocycles. The van der Waals surface area contributed by atoms with E-state index in [1.807, 2.05) is 42.6 Å². The minimum absolute atomic E-state index is 0.121. The monoisotopic (exact) mass is 497 g/mol. The van der Waals surface area contributed by atoms with Crippen molar-refractivity contribution in [1.29, 1.82) is 0 Å². The number of anilines is 2. The highest BCUT2D eigenvalue weighted by atomic mass is 16.5. The van der Waals surface area contributed by atoms with Gasteiger partial charge in [0.1, 0.15) is 23.3 Å². The maximum atomic E-state index is 11.8. The molecule has 6 rings (SSSR count). The van der Waals surface area contributed by atoms with E-state index < -0.39 is 0 Å². The first-order valence-corrected chi connectivity index (χ1v) is 12.2. The number of hydrogen-bond donors (Lipinski definition) is 2. The molecule has 0 bridgehead atoms. The van der Waals surface area contributed by atoms with Gasteiger partial charge in [-0.05, 0) is 36.4 Å². The van der Waals surface area contributed by atoms with Crippen LogP contribution in [0.3, 0.4) is 0 Å². The van der Waals surface area contributed by atoms with Crippen molar-refractivity contribution in [2.45, 2.75) is 19.1 Å². The van der Waals surface area contributed by atoms with E-state index in [0.717, 1.165) is 57.6 Å². The molecule has 2 aliphatic rings.